The van der Waals surface area contributed by atoms with Crippen molar-refractivity contribution in [1.82, 2.24) is 19.8 Å². The van der Waals surface area contributed by atoms with Gasteiger partial charge in [0.25, 0.3) is 5.91 Å². The molecule has 19 heavy (non-hydrogen) atoms. The molecule has 1 aromatic heterocycles. The number of piperidine rings is 1. The summed E-state index contributed by atoms with van der Waals surface area (Å²) in [5.41, 5.74) is 5.88. The Morgan fingerprint density at radius 1 is 1.47 bits per heavy atom. The molecule has 0 unspecified atom stereocenters. The molecule has 6 heteroatoms. The summed E-state index contributed by atoms with van der Waals surface area (Å²) >= 11 is 0. The van der Waals surface area contributed by atoms with E-state index < -0.39 is 0 Å². The van der Waals surface area contributed by atoms with Crippen LogP contribution in [-0.4, -0.2) is 58.4 Å². The first kappa shape index (κ1) is 13.7. The minimum absolute atomic E-state index is 0.102. The molecule has 0 spiro atoms. The fraction of sp³-hybridized carbons (Fsp3) is 0.615. The van der Waals surface area contributed by atoms with Crippen LogP contribution in [0.1, 0.15) is 30.3 Å². The topological polar surface area (TPSA) is 75.3 Å². The van der Waals surface area contributed by atoms with E-state index in [2.05, 4.69) is 21.8 Å². The second kappa shape index (κ2) is 5.97. The van der Waals surface area contributed by atoms with Gasteiger partial charge >= 0.3 is 0 Å². The monoisotopic (exact) mass is 263 g/mol. The van der Waals surface area contributed by atoms with Gasteiger partial charge in [-0.3, -0.25) is 9.78 Å². The van der Waals surface area contributed by atoms with Gasteiger partial charge in [0.2, 0.25) is 0 Å². The highest BCUT2D eigenvalue weighted by Gasteiger charge is 2.26. The van der Waals surface area contributed by atoms with Gasteiger partial charge in [-0.05, 0) is 19.4 Å². The van der Waals surface area contributed by atoms with Crippen molar-refractivity contribution in [3.8, 4) is 0 Å². The van der Waals surface area contributed by atoms with Crippen LogP contribution >= 0.6 is 0 Å². The van der Waals surface area contributed by atoms with Crippen LogP contribution in [0.2, 0.25) is 0 Å². The van der Waals surface area contributed by atoms with E-state index in [0.717, 1.165) is 32.5 Å². The third-order valence-corrected chi connectivity index (χ3v) is 3.74. The van der Waals surface area contributed by atoms with Crippen molar-refractivity contribution in [3.63, 3.8) is 0 Å². The number of rotatable bonds is 3. The Kier molecular flexibility index (Phi) is 4.31. The lowest BCUT2D eigenvalue weighted by Gasteiger charge is -2.36. The largest absolute Gasteiger partial charge is 0.382 e. The molecule has 0 aliphatic carbocycles. The van der Waals surface area contributed by atoms with Gasteiger partial charge in [0.1, 0.15) is 11.5 Å². The zero-order valence-electron chi connectivity index (χ0n) is 11.5. The molecule has 0 bridgehead atoms. The van der Waals surface area contributed by atoms with E-state index in [0.29, 0.717) is 5.69 Å². The maximum atomic E-state index is 12.3. The quantitative estimate of drug-likeness (QED) is 0.865. The molecule has 2 N–H and O–H groups in total. The molecule has 0 atom stereocenters. The molecule has 1 aliphatic rings. The summed E-state index contributed by atoms with van der Waals surface area (Å²) in [4.78, 5) is 24.4. The summed E-state index contributed by atoms with van der Waals surface area (Å²) < 4.78 is 0. The standard InChI is InChI=1S/C13H21N5O/c1-3-18-6-4-10(5-7-18)17(2)13(19)11-8-15-9-12(14)16-11/h8-10H,3-7H2,1-2H3,(H2,14,16). The zero-order valence-corrected chi connectivity index (χ0v) is 11.5. The predicted octanol–water partition coefficient (Wildman–Crippen LogP) is 0.615. The van der Waals surface area contributed by atoms with Crippen LogP contribution in [0.15, 0.2) is 12.4 Å². The normalized spacial score (nSPS) is 17.4. The molecule has 0 radical (unpaired) electrons. The Bertz CT molecular complexity index is 442. The van der Waals surface area contributed by atoms with Crippen molar-refractivity contribution in [2.45, 2.75) is 25.8 Å². The van der Waals surface area contributed by atoms with E-state index in [1.165, 1.54) is 12.4 Å². The van der Waals surface area contributed by atoms with Gasteiger partial charge in [0, 0.05) is 26.2 Å². The first-order chi connectivity index (χ1) is 9.11. The van der Waals surface area contributed by atoms with Gasteiger partial charge in [-0.15, -0.1) is 0 Å². The van der Waals surface area contributed by atoms with E-state index >= 15 is 0 Å². The van der Waals surface area contributed by atoms with Gasteiger partial charge in [0.15, 0.2) is 0 Å². The molecule has 1 aromatic rings. The summed E-state index contributed by atoms with van der Waals surface area (Å²) in [6, 6.07) is 0.276. The average Bonchev–Trinajstić information content (AvgIpc) is 2.46. The van der Waals surface area contributed by atoms with Gasteiger partial charge in [-0.1, -0.05) is 6.92 Å². The molecule has 104 valence electrons. The van der Waals surface area contributed by atoms with E-state index in [1.807, 2.05) is 7.05 Å². The third-order valence-electron chi connectivity index (χ3n) is 3.74. The van der Waals surface area contributed by atoms with Crippen molar-refractivity contribution >= 4 is 11.7 Å². The number of anilines is 1. The Morgan fingerprint density at radius 3 is 2.74 bits per heavy atom. The highest BCUT2D eigenvalue weighted by atomic mass is 16.2. The number of carbonyl (C=O) groups is 1. The number of amides is 1. The number of nitrogens with two attached hydrogens (primary N) is 1. The Morgan fingerprint density at radius 2 is 2.16 bits per heavy atom. The maximum Gasteiger partial charge on any atom is 0.274 e. The Labute approximate surface area is 113 Å². The SMILES string of the molecule is CCN1CCC(N(C)C(=O)c2cncc(N)n2)CC1. The van der Waals surface area contributed by atoms with Gasteiger partial charge < -0.3 is 15.5 Å². The first-order valence-electron chi connectivity index (χ1n) is 6.69. The summed E-state index contributed by atoms with van der Waals surface area (Å²) in [6.45, 7) is 5.32. The van der Waals surface area contributed by atoms with Gasteiger partial charge in [0.05, 0.1) is 12.4 Å². The number of likely N-dealkylation sites (tertiary alicyclic amines) is 1. The zero-order chi connectivity index (χ0) is 13.8. The number of hydrogen-bond acceptors (Lipinski definition) is 5. The molecule has 1 fully saturated rings. The van der Waals surface area contributed by atoms with Crippen molar-refractivity contribution < 1.29 is 4.79 Å². The molecule has 1 aliphatic heterocycles. The number of nitrogens with zero attached hydrogens (tertiary/aromatic N) is 4. The molecule has 0 saturated carbocycles. The van der Waals surface area contributed by atoms with Crippen molar-refractivity contribution in [2.24, 2.45) is 0 Å². The highest BCUT2D eigenvalue weighted by molar-refractivity contribution is 5.92. The molecule has 1 amide bonds. The van der Waals surface area contributed by atoms with E-state index in [9.17, 15) is 4.79 Å². The molecular formula is C13H21N5O. The van der Waals surface area contributed by atoms with Crippen LogP contribution in [0, 0.1) is 0 Å². The summed E-state index contributed by atoms with van der Waals surface area (Å²) in [6.07, 6.45) is 4.92. The van der Waals surface area contributed by atoms with E-state index in [4.69, 9.17) is 5.73 Å². The fourth-order valence-corrected chi connectivity index (χ4v) is 2.45. The van der Waals surface area contributed by atoms with Gasteiger partial charge in [-0.25, -0.2) is 4.98 Å². The van der Waals surface area contributed by atoms with E-state index in [1.54, 1.807) is 4.90 Å². The first-order valence-corrected chi connectivity index (χ1v) is 6.69. The number of aromatic nitrogens is 2. The van der Waals surface area contributed by atoms with Crippen LogP contribution in [0.5, 0.6) is 0 Å². The Hall–Kier alpha value is -1.69. The second-order valence-corrected chi connectivity index (χ2v) is 4.91. The van der Waals surface area contributed by atoms with Gasteiger partial charge in [-0.2, -0.15) is 0 Å². The third kappa shape index (κ3) is 3.20. The maximum absolute atomic E-state index is 12.3. The van der Waals surface area contributed by atoms with Crippen LogP contribution in [0.4, 0.5) is 5.82 Å². The van der Waals surface area contributed by atoms with Crippen LogP contribution in [0.3, 0.4) is 0 Å². The molecule has 2 rings (SSSR count). The lowest BCUT2D eigenvalue weighted by molar-refractivity contribution is 0.0641. The predicted molar refractivity (Wildman–Crippen MR) is 73.7 cm³/mol. The molecule has 2 heterocycles. The Balaban J connectivity index is 2.00. The van der Waals surface area contributed by atoms with Crippen molar-refractivity contribution in [1.29, 1.82) is 0 Å². The fourth-order valence-electron chi connectivity index (χ4n) is 2.45. The summed E-state index contributed by atoms with van der Waals surface area (Å²) in [5, 5.41) is 0. The van der Waals surface area contributed by atoms with Crippen LogP contribution in [0.25, 0.3) is 0 Å². The molecule has 0 aromatic carbocycles. The smallest absolute Gasteiger partial charge is 0.274 e. The summed E-state index contributed by atoms with van der Waals surface area (Å²) in [5.74, 6) is 0.176. The summed E-state index contributed by atoms with van der Waals surface area (Å²) in [7, 11) is 1.83. The van der Waals surface area contributed by atoms with Crippen molar-refractivity contribution in [3.05, 3.63) is 18.1 Å². The number of nitrogen functional groups attached to an aromatic ring is 1. The second-order valence-electron chi connectivity index (χ2n) is 4.91. The average molecular weight is 263 g/mol. The van der Waals surface area contributed by atoms with Crippen LogP contribution in [-0.2, 0) is 0 Å². The minimum atomic E-state index is -0.102. The number of carbonyl (C=O) groups excluding carboxylic acids is 1. The molecule has 6 nitrogen and oxygen atoms in total. The highest BCUT2D eigenvalue weighted by Crippen LogP contribution is 2.16. The lowest BCUT2D eigenvalue weighted by Crippen LogP contribution is -2.45. The number of hydrogen-bond donors (Lipinski definition) is 1. The lowest BCUT2D eigenvalue weighted by atomic mass is 10.0. The van der Waals surface area contributed by atoms with Crippen molar-refractivity contribution in [2.75, 3.05) is 32.4 Å². The molecule has 1 saturated heterocycles. The van der Waals surface area contributed by atoms with E-state index in [-0.39, 0.29) is 17.8 Å². The molecular weight excluding hydrogens is 242 g/mol. The van der Waals surface area contributed by atoms with Crippen LogP contribution < -0.4 is 5.73 Å². The minimum Gasteiger partial charge on any atom is -0.382 e.